The monoisotopic (exact) mass is 488 g/mol. The fourth-order valence-electron chi connectivity index (χ4n) is 5.11. The summed E-state index contributed by atoms with van der Waals surface area (Å²) in [5.74, 6) is -0.0474. The van der Waals surface area contributed by atoms with Crippen molar-refractivity contribution in [1.29, 1.82) is 0 Å². The van der Waals surface area contributed by atoms with Gasteiger partial charge >= 0.3 is 0 Å². The standard InChI is InChI=1S/C28H28N2O6/c1-16-11-12-20(17(2)13-16)29-27(31)24-25(19-14-22(34-4)23(35-5)15-21(19)33-3)30(36-26(24)28(29)32)18-9-7-6-8-10-18/h6-15,24-26H,1-5H3. The molecule has 0 aliphatic carbocycles. The molecule has 8 heteroatoms. The largest absolute Gasteiger partial charge is 0.496 e. The van der Waals surface area contributed by atoms with Crippen molar-refractivity contribution < 1.29 is 28.6 Å². The minimum atomic E-state index is -0.985. The van der Waals surface area contributed by atoms with Crippen LogP contribution >= 0.6 is 0 Å². The number of benzene rings is 3. The van der Waals surface area contributed by atoms with Crippen LogP contribution in [0.4, 0.5) is 11.4 Å². The van der Waals surface area contributed by atoms with E-state index in [4.69, 9.17) is 19.0 Å². The van der Waals surface area contributed by atoms with Crippen LogP contribution in [0.15, 0.2) is 60.7 Å². The van der Waals surface area contributed by atoms with Gasteiger partial charge in [0.25, 0.3) is 5.91 Å². The molecule has 5 rings (SSSR count). The summed E-state index contributed by atoms with van der Waals surface area (Å²) in [6.07, 6.45) is -0.985. The van der Waals surface area contributed by atoms with E-state index in [9.17, 15) is 9.59 Å². The van der Waals surface area contributed by atoms with Crippen molar-refractivity contribution in [2.24, 2.45) is 5.92 Å². The van der Waals surface area contributed by atoms with E-state index in [-0.39, 0.29) is 11.8 Å². The minimum absolute atomic E-state index is 0.322. The highest BCUT2D eigenvalue weighted by molar-refractivity contribution is 6.24. The molecule has 8 nitrogen and oxygen atoms in total. The summed E-state index contributed by atoms with van der Waals surface area (Å²) in [5, 5.41) is 1.63. The summed E-state index contributed by atoms with van der Waals surface area (Å²) in [4.78, 5) is 35.1. The maximum absolute atomic E-state index is 14.0. The van der Waals surface area contributed by atoms with Crippen LogP contribution in [0.3, 0.4) is 0 Å². The normalized spacial score (nSPS) is 21.1. The average Bonchev–Trinajstić information content (AvgIpc) is 3.39. The number of nitrogens with zero attached hydrogens (tertiary/aromatic N) is 2. The predicted molar refractivity (Wildman–Crippen MR) is 135 cm³/mol. The zero-order valence-electron chi connectivity index (χ0n) is 20.8. The number of methoxy groups -OCH3 is 3. The van der Waals surface area contributed by atoms with E-state index in [1.807, 2.05) is 62.4 Å². The molecule has 3 aromatic carbocycles. The number of hydrogen-bond donors (Lipinski definition) is 0. The molecular weight excluding hydrogens is 460 g/mol. The van der Waals surface area contributed by atoms with Gasteiger partial charge in [-0.3, -0.25) is 14.4 Å². The number of hydroxylamine groups is 1. The van der Waals surface area contributed by atoms with Crippen molar-refractivity contribution in [3.8, 4) is 17.2 Å². The van der Waals surface area contributed by atoms with Gasteiger partial charge in [0, 0.05) is 11.6 Å². The second kappa shape index (κ2) is 9.20. The molecule has 2 saturated heterocycles. The number of rotatable bonds is 6. The SMILES string of the molecule is COc1cc(OC)c(C2C3C(=O)N(c4ccc(C)cc4C)C(=O)C3ON2c2ccccc2)cc1OC. The van der Waals surface area contributed by atoms with Gasteiger partial charge in [-0.1, -0.05) is 35.9 Å². The number of ether oxygens (including phenoxy) is 3. The van der Waals surface area contributed by atoms with Crippen LogP contribution < -0.4 is 24.2 Å². The molecule has 2 aliphatic heterocycles. The number of hydrogen-bond acceptors (Lipinski definition) is 7. The highest BCUT2D eigenvalue weighted by atomic mass is 16.7. The maximum atomic E-state index is 14.0. The van der Waals surface area contributed by atoms with E-state index in [1.165, 1.54) is 4.90 Å². The van der Waals surface area contributed by atoms with Crippen molar-refractivity contribution in [1.82, 2.24) is 0 Å². The summed E-state index contributed by atoms with van der Waals surface area (Å²) >= 11 is 0. The zero-order chi connectivity index (χ0) is 25.6. The lowest BCUT2D eigenvalue weighted by Crippen LogP contribution is -2.37. The summed E-state index contributed by atoms with van der Waals surface area (Å²) < 4.78 is 16.7. The number of fused-ring (bicyclic) bond motifs is 1. The van der Waals surface area contributed by atoms with Gasteiger partial charge < -0.3 is 14.2 Å². The minimum Gasteiger partial charge on any atom is -0.496 e. The fourth-order valence-corrected chi connectivity index (χ4v) is 5.11. The van der Waals surface area contributed by atoms with Crippen molar-refractivity contribution >= 4 is 23.2 Å². The third-order valence-electron chi connectivity index (χ3n) is 6.77. The number of para-hydroxylation sites is 1. The quantitative estimate of drug-likeness (QED) is 0.477. The second-order valence-electron chi connectivity index (χ2n) is 8.91. The maximum Gasteiger partial charge on any atom is 0.266 e. The van der Waals surface area contributed by atoms with E-state index < -0.39 is 18.1 Å². The van der Waals surface area contributed by atoms with Gasteiger partial charge in [0.15, 0.2) is 17.6 Å². The van der Waals surface area contributed by atoms with Crippen molar-refractivity contribution in [2.45, 2.75) is 26.0 Å². The van der Waals surface area contributed by atoms with Crippen LogP contribution in [-0.4, -0.2) is 39.2 Å². The molecule has 186 valence electrons. The number of carbonyl (C=O) groups excluding carboxylic acids is 2. The third-order valence-corrected chi connectivity index (χ3v) is 6.77. The Bertz CT molecular complexity index is 1330. The highest BCUT2D eigenvalue weighted by Crippen LogP contribution is 2.51. The first-order valence-electron chi connectivity index (χ1n) is 11.7. The van der Waals surface area contributed by atoms with Crippen molar-refractivity contribution in [2.75, 3.05) is 31.3 Å². The molecule has 0 aromatic heterocycles. The molecular formula is C28H28N2O6. The van der Waals surface area contributed by atoms with Gasteiger partial charge in [-0.05, 0) is 43.7 Å². The first kappa shape index (κ1) is 23.7. The molecule has 2 heterocycles. The Labute approximate surface area is 209 Å². The van der Waals surface area contributed by atoms with Gasteiger partial charge in [0.05, 0.1) is 32.7 Å². The fraction of sp³-hybridized carbons (Fsp3) is 0.286. The molecule has 2 fully saturated rings. The first-order chi connectivity index (χ1) is 17.4. The molecule has 2 amide bonds. The van der Waals surface area contributed by atoms with Crippen LogP contribution in [0.25, 0.3) is 0 Å². The lowest BCUT2D eigenvalue weighted by atomic mass is 9.89. The molecule has 0 saturated carbocycles. The molecule has 0 N–H and O–H groups in total. The summed E-state index contributed by atoms with van der Waals surface area (Å²) in [5.41, 5.74) is 3.83. The smallest absolute Gasteiger partial charge is 0.266 e. The molecule has 2 aliphatic rings. The Hall–Kier alpha value is -4.04. The Morgan fingerprint density at radius 2 is 1.44 bits per heavy atom. The van der Waals surface area contributed by atoms with Gasteiger partial charge in [-0.15, -0.1) is 0 Å². The third kappa shape index (κ3) is 3.65. The molecule has 0 radical (unpaired) electrons. The topological polar surface area (TPSA) is 77.5 Å². The summed E-state index contributed by atoms with van der Waals surface area (Å²) in [6.45, 7) is 3.86. The first-order valence-corrected chi connectivity index (χ1v) is 11.7. The average molecular weight is 489 g/mol. The van der Waals surface area contributed by atoms with Crippen LogP contribution in [0, 0.1) is 19.8 Å². The number of anilines is 2. The Kier molecular flexibility index (Phi) is 6.05. The van der Waals surface area contributed by atoms with Crippen molar-refractivity contribution in [3.63, 3.8) is 0 Å². The Morgan fingerprint density at radius 1 is 0.778 bits per heavy atom. The van der Waals surface area contributed by atoms with E-state index in [0.717, 1.165) is 11.1 Å². The van der Waals surface area contributed by atoms with E-state index in [1.54, 1.807) is 38.5 Å². The highest BCUT2D eigenvalue weighted by Gasteiger charge is 2.61. The molecule has 36 heavy (non-hydrogen) atoms. The van der Waals surface area contributed by atoms with Crippen LogP contribution in [0.5, 0.6) is 17.2 Å². The molecule has 3 unspecified atom stereocenters. The van der Waals surface area contributed by atoms with Crippen molar-refractivity contribution in [3.05, 3.63) is 77.4 Å². The Morgan fingerprint density at radius 3 is 2.08 bits per heavy atom. The number of carbonyl (C=O) groups is 2. The summed E-state index contributed by atoms with van der Waals surface area (Å²) in [6, 6.07) is 17.9. The number of imide groups is 1. The van der Waals surface area contributed by atoms with Crippen LogP contribution in [0.2, 0.25) is 0 Å². The Balaban J connectivity index is 1.66. The molecule has 0 spiro atoms. The van der Waals surface area contributed by atoms with E-state index >= 15 is 0 Å². The van der Waals surface area contributed by atoms with E-state index in [2.05, 4.69) is 0 Å². The summed E-state index contributed by atoms with van der Waals surface area (Å²) in [7, 11) is 4.64. The van der Waals surface area contributed by atoms with Gasteiger partial charge in [0.2, 0.25) is 5.91 Å². The molecule has 3 atom stereocenters. The van der Waals surface area contributed by atoms with Gasteiger partial charge in [-0.2, -0.15) is 0 Å². The van der Waals surface area contributed by atoms with Crippen LogP contribution in [0.1, 0.15) is 22.7 Å². The predicted octanol–water partition coefficient (Wildman–Crippen LogP) is 4.38. The lowest BCUT2D eigenvalue weighted by molar-refractivity contribution is -0.126. The molecule has 0 bridgehead atoms. The second-order valence-corrected chi connectivity index (χ2v) is 8.91. The number of aryl methyl sites for hydroxylation is 2. The lowest BCUT2D eigenvalue weighted by Gasteiger charge is -2.30. The number of amides is 2. The van der Waals surface area contributed by atoms with E-state index in [0.29, 0.717) is 34.2 Å². The van der Waals surface area contributed by atoms with Crippen LogP contribution in [-0.2, 0) is 14.4 Å². The molecule has 3 aromatic rings. The zero-order valence-corrected chi connectivity index (χ0v) is 20.8. The van der Waals surface area contributed by atoms with Gasteiger partial charge in [-0.25, -0.2) is 9.96 Å². The van der Waals surface area contributed by atoms with Gasteiger partial charge in [0.1, 0.15) is 17.7 Å².